The number of halogens is 2. The predicted molar refractivity (Wildman–Crippen MR) is 96.1 cm³/mol. The smallest absolute Gasteiger partial charge is 0.228 e. The molecule has 0 radical (unpaired) electrons. The highest BCUT2D eigenvalue weighted by Crippen LogP contribution is 2.09. The Kier molecular flexibility index (Phi) is 15.1. The molecule has 0 amide bonds. The standard InChI is InChI=1S/C12H17F.C8H13FO2/c1-2-3-4-5-11-6-8-12(10-13)9-7-11;1-8(11-7-9)5-3-2-4-6-10/h6-9H,2-5,10H2,1H3;3,5,10H,1-2,4,6-7H2/b;5-3-. The van der Waals surface area contributed by atoms with Crippen molar-refractivity contribution in [2.45, 2.75) is 52.1 Å². The van der Waals surface area contributed by atoms with Crippen molar-refractivity contribution in [1.82, 2.24) is 0 Å². The molecule has 1 rings (SSSR count). The third kappa shape index (κ3) is 12.8. The molecule has 0 aliphatic carbocycles. The van der Waals surface area contributed by atoms with Crippen LogP contribution >= 0.6 is 0 Å². The molecule has 2 nitrogen and oxygen atoms in total. The maximum absolute atomic E-state index is 12.2. The maximum Gasteiger partial charge on any atom is 0.228 e. The van der Waals surface area contributed by atoms with E-state index >= 15 is 0 Å². The monoisotopic (exact) mass is 340 g/mol. The van der Waals surface area contributed by atoms with Crippen LogP contribution in [0.25, 0.3) is 0 Å². The highest BCUT2D eigenvalue weighted by atomic mass is 19.1. The lowest BCUT2D eigenvalue weighted by atomic mass is 10.1. The molecule has 0 saturated carbocycles. The van der Waals surface area contributed by atoms with E-state index in [1.165, 1.54) is 24.8 Å². The Morgan fingerprint density at radius 1 is 1.12 bits per heavy atom. The van der Waals surface area contributed by atoms with Crippen LogP contribution in [0.1, 0.15) is 50.2 Å². The Hall–Kier alpha value is -1.68. The van der Waals surface area contributed by atoms with Crippen molar-refractivity contribution in [3.63, 3.8) is 0 Å². The molecule has 0 bridgehead atoms. The minimum absolute atomic E-state index is 0.167. The van der Waals surface area contributed by atoms with E-state index in [4.69, 9.17) is 5.11 Å². The summed E-state index contributed by atoms with van der Waals surface area (Å²) in [7, 11) is 0. The molecule has 4 heteroatoms. The summed E-state index contributed by atoms with van der Waals surface area (Å²) in [6, 6.07) is 7.82. The zero-order valence-electron chi connectivity index (χ0n) is 14.6. The number of unbranched alkanes of at least 4 members (excludes halogenated alkanes) is 3. The normalized spacial score (nSPS) is 10.3. The number of rotatable bonds is 11. The fourth-order valence-electron chi connectivity index (χ4n) is 1.92. The number of benzene rings is 1. The van der Waals surface area contributed by atoms with Crippen molar-refractivity contribution in [3.8, 4) is 0 Å². The first-order valence-corrected chi connectivity index (χ1v) is 8.46. The van der Waals surface area contributed by atoms with Crippen molar-refractivity contribution < 1.29 is 18.6 Å². The van der Waals surface area contributed by atoms with Crippen LogP contribution in [0.4, 0.5) is 8.78 Å². The molecule has 0 aromatic heterocycles. The number of allylic oxidation sites excluding steroid dienone is 2. The van der Waals surface area contributed by atoms with Gasteiger partial charge in [-0.05, 0) is 42.9 Å². The second kappa shape index (κ2) is 16.2. The Bertz CT molecular complexity index is 441. The van der Waals surface area contributed by atoms with Gasteiger partial charge in [0, 0.05) is 6.61 Å². The van der Waals surface area contributed by atoms with Crippen LogP contribution in [0.3, 0.4) is 0 Å². The van der Waals surface area contributed by atoms with Crippen LogP contribution < -0.4 is 0 Å². The molecule has 0 heterocycles. The summed E-state index contributed by atoms with van der Waals surface area (Å²) in [4.78, 5) is 0. The summed E-state index contributed by atoms with van der Waals surface area (Å²) in [5.74, 6) is 0.311. The average Bonchev–Trinajstić information content (AvgIpc) is 2.60. The molecule has 0 aliphatic rings. The summed E-state index contributed by atoms with van der Waals surface area (Å²) in [6.07, 6.45) is 9.74. The molecule has 0 saturated heterocycles. The van der Waals surface area contributed by atoms with Crippen molar-refractivity contribution in [1.29, 1.82) is 0 Å². The minimum Gasteiger partial charge on any atom is -0.464 e. The van der Waals surface area contributed by atoms with Gasteiger partial charge in [0.05, 0.1) is 0 Å². The van der Waals surface area contributed by atoms with Gasteiger partial charge in [-0.1, -0.05) is 56.7 Å². The zero-order chi connectivity index (χ0) is 18.0. The van der Waals surface area contributed by atoms with Gasteiger partial charge in [-0.3, -0.25) is 0 Å². The molecule has 136 valence electrons. The van der Waals surface area contributed by atoms with Gasteiger partial charge < -0.3 is 9.84 Å². The third-order valence-corrected chi connectivity index (χ3v) is 3.32. The maximum atomic E-state index is 12.2. The van der Waals surface area contributed by atoms with Gasteiger partial charge in [-0.25, -0.2) is 8.78 Å². The van der Waals surface area contributed by atoms with Gasteiger partial charge in [-0.2, -0.15) is 0 Å². The van der Waals surface area contributed by atoms with Gasteiger partial charge in [0.2, 0.25) is 6.86 Å². The van der Waals surface area contributed by atoms with E-state index in [2.05, 4.69) is 18.2 Å². The van der Waals surface area contributed by atoms with Crippen LogP contribution in [0, 0.1) is 0 Å². The number of aryl methyl sites for hydroxylation is 1. The lowest BCUT2D eigenvalue weighted by Crippen LogP contribution is -1.86. The van der Waals surface area contributed by atoms with Crippen molar-refractivity contribution in [3.05, 3.63) is 59.9 Å². The van der Waals surface area contributed by atoms with E-state index < -0.39 is 6.86 Å². The molecule has 1 aromatic rings. The second-order valence-electron chi connectivity index (χ2n) is 5.40. The zero-order valence-corrected chi connectivity index (χ0v) is 14.6. The summed E-state index contributed by atoms with van der Waals surface area (Å²) in [6.45, 7) is 4.60. The fourth-order valence-corrected chi connectivity index (χ4v) is 1.92. The predicted octanol–water partition coefficient (Wildman–Crippen LogP) is 5.66. The van der Waals surface area contributed by atoms with E-state index in [-0.39, 0.29) is 13.3 Å². The topological polar surface area (TPSA) is 29.5 Å². The number of hydrogen-bond acceptors (Lipinski definition) is 2. The number of hydrogen-bond donors (Lipinski definition) is 1. The van der Waals surface area contributed by atoms with Crippen LogP contribution in [0.5, 0.6) is 0 Å². The van der Waals surface area contributed by atoms with Gasteiger partial charge >= 0.3 is 0 Å². The Labute approximate surface area is 144 Å². The first-order valence-electron chi connectivity index (χ1n) is 8.46. The number of aliphatic hydroxyl groups excluding tert-OH is 1. The van der Waals surface area contributed by atoms with E-state index in [1.54, 1.807) is 12.2 Å². The van der Waals surface area contributed by atoms with Gasteiger partial charge in [-0.15, -0.1) is 0 Å². The largest absolute Gasteiger partial charge is 0.464 e. The summed E-state index contributed by atoms with van der Waals surface area (Å²) in [5.41, 5.74) is 2.10. The lowest BCUT2D eigenvalue weighted by Gasteiger charge is -2.01. The van der Waals surface area contributed by atoms with Gasteiger partial charge in [0.25, 0.3) is 0 Å². The second-order valence-corrected chi connectivity index (χ2v) is 5.40. The summed E-state index contributed by atoms with van der Waals surface area (Å²) < 4.78 is 28.0. The molecule has 1 aromatic carbocycles. The molecule has 0 aliphatic heterocycles. The van der Waals surface area contributed by atoms with E-state index in [1.807, 2.05) is 24.3 Å². The lowest BCUT2D eigenvalue weighted by molar-refractivity contribution is 0.125. The quantitative estimate of drug-likeness (QED) is 0.320. The number of alkyl halides is 2. The SMILES string of the molecule is C=C(/C=C\CCCO)OCF.CCCCCc1ccc(CF)cc1. The summed E-state index contributed by atoms with van der Waals surface area (Å²) in [5, 5.41) is 8.39. The minimum atomic E-state index is -0.844. The number of ether oxygens (including phenoxy) is 1. The Balaban J connectivity index is 0.000000449. The molecule has 0 spiro atoms. The third-order valence-electron chi connectivity index (χ3n) is 3.32. The van der Waals surface area contributed by atoms with Crippen molar-refractivity contribution in [2.24, 2.45) is 0 Å². The first kappa shape index (κ1) is 22.3. The highest BCUT2D eigenvalue weighted by molar-refractivity contribution is 5.21. The van der Waals surface area contributed by atoms with Crippen molar-refractivity contribution in [2.75, 3.05) is 13.5 Å². The van der Waals surface area contributed by atoms with Crippen molar-refractivity contribution >= 4 is 0 Å². The van der Waals surface area contributed by atoms with E-state index in [9.17, 15) is 8.78 Å². The molecular weight excluding hydrogens is 310 g/mol. The molecule has 0 unspecified atom stereocenters. The molecule has 1 N–H and O–H groups in total. The van der Waals surface area contributed by atoms with E-state index in [0.717, 1.165) is 18.4 Å². The molecule has 24 heavy (non-hydrogen) atoms. The van der Waals surface area contributed by atoms with Crippen LogP contribution in [-0.2, 0) is 17.8 Å². The Morgan fingerprint density at radius 3 is 2.33 bits per heavy atom. The molecule has 0 atom stereocenters. The van der Waals surface area contributed by atoms with Crippen LogP contribution in [-0.4, -0.2) is 18.6 Å². The first-order chi connectivity index (χ1) is 11.7. The average molecular weight is 340 g/mol. The molecular formula is C20H30F2O2. The van der Waals surface area contributed by atoms with Gasteiger partial charge in [0.15, 0.2) is 0 Å². The fraction of sp³-hybridized carbons (Fsp3) is 0.500. The number of aliphatic hydroxyl groups is 1. The van der Waals surface area contributed by atoms with Crippen LogP contribution in [0.15, 0.2) is 48.8 Å². The van der Waals surface area contributed by atoms with Crippen LogP contribution in [0.2, 0.25) is 0 Å². The van der Waals surface area contributed by atoms with E-state index in [0.29, 0.717) is 12.2 Å². The summed E-state index contributed by atoms with van der Waals surface area (Å²) >= 11 is 0. The Morgan fingerprint density at radius 2 is 1.79 bits per heavy atom. The molecule has 0 fully saturated rings. The highest BCUT2D eigenvalue weighted by Gasteiger charge is 1.94. The van der Waals surface area contributed by atoms with Gasteiger partial charge in [0.1, 0.15) is 12.4 Å².